The largest absolute Gasteiger partial charge is 0.391 e. The van der Waals surface area contributed by atoms with Crippen LogP contribution in [0.15, 0.2) is 30.3 Å². The highest BCUT2D eigenvalue weighted by molar-refractivity contribution is 7.80. The number of nitrogens with one attached hydrogen (secondary N) is 1. The summed E-state index contributed by atoms with van der Waals surface area (Å²) in [5.74, 6) is -0.127. The van der Waals surface area contributed by atoms with Gasteiger partial charge in [0, 0.05) is 4.70 Å². The fourth-order valence-electron chi connectivity index (χ4n) is 1.73. The Kier molecular flexibility index (Phi) is 3.87. The summed E-state index contributed by atoms with van der Waals surface area (Å²) in [4.78, 5) is 13.3. The number of fused-ring (bicyclic) bond motifs is 1. The Hall–Kier alpha value is -1.46. The first-order valence-corrected chi connectivity index (χ1v) is 7.30. The molecule has 0 aliphatic heterocycles. The molecule has 0 radical (unpaired) electrons. The van der Waals surface area contributed by atoms with E-state index in [1.165, 1.54) is 11.3 Å². The summed E-state index contributed by atoms with van der Waals surface area (Å²) in [7, 11) is 0. The minimum atomic E-state index is -0.636. The fourth-order valence-corrected chi connectivity index (χ4v) is 2.88. The van der Waals surface area contributed by atoms with Crippen LogP contribution < -0.4 is 11.1 Å². The van der Waals surface area contributed by atoms with Crippen molar-refractivity contribution in [2.45, 2.75) is 25.8 Å². The van der Waals surface area contributed by atoms with Gasteiger partial charge in [0.05, 0.1) is 15.4 Å². The fraction of sp³-hybridized carbons (Fsp3) is 0.286. The number of rotatable bonds is 4. The molecule has 2 aromatic rings. The summed E-state index contributed by atoms with van der Waals surface area (Å²) < 4.78 is 1.10. The number of hydrogen-bond donors (Lipinski definition) is 2. The van der Waals surface area contributed by atoms with Crippen LogP contribution in [-0.2, 0) is 0 Å². The number of thiocarbonyl (C=S) groups is 1. The molecule has 1 amide bonds. The van der Waals surface area contributed by atoms with Crippen molar-refractivity contribution >= 4 is 44.5 Å². The van der Waals surface area contributed by atoms with Crippen LogP contribution >= 0.6 is 23.6 Å². The van der Waals surface area contributed by atoms with Crippen molar-refractivity contribution in [2.24, 2.45) is 5.73 Å². The van der Waals surface area contributed by atoms with Gasteiger partial charge in [-0.1, -0.05) is 37.3 Å². The van der Waals surface area contributed by atoms with Gasteiger partial charge in [-0.3, -0.25) is 4.79 Å². The van der Waals surface area contributed by atoms with E-state index in [-0.39, 0.29) is 5.91 Å². The number of amides is 1. The number of thiophene rings is 1. The summed E-state index contributed by atoms with van der Waals surface area (Å²) in [5.41, 5.74) is 5.07. The third-order valence-electron chi connectivity index (χ3n) is 3.29. The lowest BCUT2D eigenvalue weighted by molar-refractivity contribution is 0.0931. The molecule has 1 unspecified atom stereocenters. The van der Waals surface area contributed by atoms with Crippen LogP contribution in [-0.4, -0.2) is 16.4 Å². The Morgan fingerprint density at radius 2 is 2.16 bits per heavy atom. The number of nitrogens with two attached hydrogens (primary N) is 1. The molecular weight excluding hydrogens is 276 g/mol. The molecule has 1 aromatic carbocycles. The first kappa shape index (κ1) is 14.0. The highest BCUT2D eigenvalue weighted by Crippen LogP contribution is 2.25. The van der Waals surface area contributed by atoms with Gasteiger partial charge < -0.3 is 11.1 Å². The van der Waals surface area contributed by atoms with Crippen molar-refractivity contribution in [3.05, 3.63) is 35.2 Å². The molecule has 19 heavy (non-hydrogen) atoms. The van der Waals surface area contributed by atoms with E-state index >= 15 is 0 Å². The highest BCUT2D eigenvalue weighted by Gasteiger charge is 2.28. The zero-order valence-electron chi connectivity index (χ0n) is 10.9. The zero-order valence-corrected chi connectivity index (χ0v) is 12.5. The molecule has 0 spiro atoms. The molecular formula is C14H16N2OS2. The average molecular weight is 292 g/mol. The molecule has 1 heterocycles. The van der Waals surface area contributed by atoms with Crippen molar-refractivity contribution in [3.8, 4) is 0 Å². The van der Waals surface area contributed by atoms with Crippen LogP contribution in [0.5, 0.6) is 0 Å². The SMILES string of the molecule is CCC(C)(NC(=O)c1cc2ccccc2s1)C(N)=S. The van der Waals surface area contributed by atoms with Crippen LogP contribution in [0.4, 0.5) is 0 Å². The van der Waals surface area contributed by atoms with E-state index in [9.17, 15) is 4.79 Å². The van der Waals surface area contributed by atoms with Crippen LogP contribution in [0.1, 0.15) is 29.9 Å². The van der Waals surface area contributed by atoms with Gasteiger partial charge in [0.25, 0.3) is 5.91 Å². The minimum absolute atomic E-state index is 0.127. The van der Waals surface area contributed by atoms with Crippen molar-refractivity contribution in [2.75, 3.05) is 0 Å². The van der Waals surface area contributed by atoms with Gasteiger partial charge in [0.2, 0.25) is 0 Å². The summed E-state index contributed by atoms with van der Waals surface area (Å²) in [6, 6.07) is 9.82. The minimum Gasteiger partial charge on any atom is -0.391 e. The lowest BCUT2D eigenvalue weighted by Crippen LogP contribution is -2.53. The Morgan fingerprint density at radius 3 is 2.74 bits per heavy atom. The quantitative estimate of drug-likeness (QED) is 0.851. The molecule has 5 heteroatoms. The maximum atomic E-state index is 12.3. The van der Waals surface area contributed by atoms with Gasteiger partial charge in [-0.25, -0.2) is 0 Å². The number of hydrogen-bond acceptors (Lipinski definition) is 3. The van der Waals surface area contributed by atoms with Gasteiger partial charge in [0.15, 0.2) is 0 Å². The molecule has 0 fully saturated rings. The Morgan fingerprint density at radius 1 is 1.47 bits per heavy atom. The van der Waals surface area contributed by atoms with Crippen LogP contribution in [0.3, 0.4) is 0 Å². The van der Waals surface area contributed by atoms with Crippen molar-refractivity contribution < 1.29 is 4.79 Å². The van der Waals surface area contributed by atoms with Gasteiger partial charge in [0.1, 0.15) is 0 Å². The molecule has 0 bridgehead atoms. The summed E-state index contributed by atoms with van der Waals surface area (Å²) in [6.45, 7) is 3.80. The second-order valence-electron chi connectivity index (χ2n) is 4.65. The van der Waals surface area contributed by atoms with Crippen molar-refractivity contribution in [1.29, 1.82) is 0 Å². The van der Waals surface area contributed by atoms with E-state index in [0.717, 1.165) is 10.1 Å². The number of benzene rings is 1. The third kappa shape index (κ3) is 2.77. The average Bonchev–Trinajstić information content (AvgIpc) is 2.82. The van der Waals surface area contributed by atoms with Gasteiger partial charge in [-0.05, 0) is 30.9 Å². The first-order valence-electron chi connectivity index (χ1n) is 6.07. The van der Waals surface area contributed by atoms with E-state index < -0.39 is 5.54 Å². The normalized spacial score (nSPS) is 14.0. The first-order chi connectivity index (χ1) is 8.96. The number of carbonyl (C=O) groups excluding carboxylic acids is 1. The summed E-state index contributed by atoms with van der Waals surface area (Å²) in [5, 5.41) is 4.00. The predicted molar refractivity (Wildman–Crippen MR) is 84.8 cm³/mol. The van der Waals surface area contributed by atoms with Crippen LogP contribution in [0.2, 0.25) is 0 Å². The smallest absolute Gasteiger partial charge is 0.262 e. The molecule has 0 saturated heterocycles. The van der Waals surface area contributed by atoms with Crippen LogP contribution in [0.25, 0.3) is 10.1 Å². The summed E-state index contributed by atoms with van der Waals surface area (Å²) in [6.07, 6.45) is 0.666. The maximum Gasteiger partial charge on any atom is 0.262 e. The molecule has 1 aromatic heterocycles. The van der Waals surface area contributed by atoms with E-state index in [1.54, 1.807) is 0 Å². The molecule has 0 saturated carbocycles. The van der Waals surface area contributed by atoms with E-state index in [1.807, 2.05) is 44.2 Å². The molecule has 0 aliphatic rings. The second-order valence-corrected chi connectivity index (χ2v) is 6.18. The Balaban J connectivity index is 2.27. The number of carbonyl (C=O) groups is 1. The molecule has 3 N–H and O–H groups in total. The van der Waals surface area contributed by atoms with E-state index in [0.29, 0.717) is 16.3 Å². The Bertz CT molecular complexity index is 602. The zero-order chi connectivity index (χ0) is 14.0. The molecule has 2 rings (SSSR count). The molecule has 100 valence electrons. The lowest BCUT2D eigenvalue weighted by Gasteiger charge is -2.27. The topological polar surface area (TPSA) is 55.1 Å². The Labute approximate surface area is 121 Å². The van der Waals surface area contributed by atoms with Gasteiger partial charge in [-0.2, -0.15) is 0 Å². The maximum absolute atomic E-state index is 12.3. The van der Waals surface area contributed by atoms with Gasteiger partial charge >= 0.3 is 0 Å². The van der Waals surface area contributed by atoms with Gasteiger partial charge in [-0.15, -0.1) is 11.3 Å². The van der Waals surface area contributed by atoms with Crippen molar-refractivity contribution in [1.82, 2.24) is 5.32 Å². The summed E-state index contributed by atoms with van der Waals surface area (Å²) >= 11 is 6.50. The van der Waals surface area contributed by atoms with Crippen molar-refractivity contribution in [3.63, 3.8) is 0 Å². The molecule has 3 nitrogen and oxygen atoms in total. The standard InChI is InChI=1S/C14H16N2OS2/c1-3-14(2,13(15)18)16-12(17)11-8-9-6-4-5-7-10(9)19-11/h4-8H,3H2,1-2H3,(H2,15,18)(H,16,17). The monoisotopic (exact) mass is 292 g/mol. The highest BCUT2D eigenvalue weighted by atomic mass is 32.1. The predicted octanol–water partition coefficient (Wildman–Crippen LogP) is 3.09. The third-order valence-corrected chi connectivity index (χ3v) is 4.86. The second kappa shape index (κ2) is 5.27. The van der Waals surface area contributed by atoms with Crippen LogP contribution in [0, 0.1) is 0 Å². The molecule has 0 aliphatic carbocycles. The van der Waals surface area contributed by atoms with E-state index in [2.05, 4.69) is 5.32 Å². The molecule has 1 atom stereocenters. The van der Waals surface area contributed by atoms with E-state index in [4.69, 9.17) is 18.0 Å². The lowest BCUT2D eigenvalue weighted by atomic mass is 9.99.